The minimum absolute atomic E-state index is 0.0255. The van der Waals surface area contributed by atoms with Crippen molar-refractivity contribution in [1.29, 1.82) is 0 Å². The highest BCUT2D eigenvalue weighted by atomic mass is 35.5. The number of fused-ring (bicyclic) bond motifs is 1. The molecule has 0 unspecified atom stereocenters. The van der Waals surface area contributed by atoms with Gasteiger partial charge in [0, 0.05) is 34.4 Å². The summed E-state index contributed by atoms with van der Waals surface area (Å²) >= 11 is 7.79. The van der Waals surface area contributed by atoms with Gasteiger partial charge in [0.1, 0.15) is 0 Å². The topological polar surface area (TPSA) is 66.5 Å². The molecule has 0 atom stereocenters. The van der Waals surface area contributed by atoms with Crippen LogP contribution in [0.25, 0.3) is 10.8 Å². The maximum absolute atomic E-state index is 12.3. The molecule has 1 heterocycles. The second kappa shape index (κ2) is 8.82. The number of hydrogen-bond acceptors (Lipinski definition) is 4. The third-order valence-corrected chi connectivity index (χ3v) is 8.01. The van der Waals surface area contributed by atoms with Gasteiger partial charge in [-0.25, -0.2) is 12.7 Å². The van der Waals surface area contributed by atoms with Crippen LogP contribution in [0.3, 0.4) is 0 Å². The third-order valence-electron chi connectivity index (χ3n) is 4.75. The SMILES string of the molecule is CCS(=O)(=O)N1CCC(NC(=O)CSc2cccc3cccc(Cl)c23)CC1. The van der Waals surface area contributed by atoms with E-state index in [1.807, 2.05) is 36.4 Å². The van der Waals surface area contributed by atoms with E-state index in [2.05, 4.69) is 5.32 Å². The predicted octanol–water partition coefficient (Wildman–Crippen LogP) is 3.52. The number of carbonyl (C=O) groups is 1. The first kappa shape index (κ1) is 20.5. The Morgan fingerprint density at radius 1 is 1.22 bits per heavy atom. The summed E-state index contributed by atoms with van der Waals surface area (Å²) in [6, 6.07) is 11.7. The van der Waals surface area contributed by atoms with E-state index in [4.69, 9.17) is 11.6 Å². The van der Waals surface area contributed by atoms with Crippen molar-refractivity contribution >= 4 is 50.1 Å². The standard InChI is InChI=1S/C19H23ClN2O3S2/c1-2-27(24,25)22-11-9-15(10-12-22)21-18(23)13-26-17-8-4-6-14-5-3-7-16(20)19(14)17/h3-8,15H,2,9-13H2,1H3,(H,21,23). The normalized spacial score (nSPS) is 16.5. The number of sulfonamides is 1. The van der Waals surface area contributed by atoms with Crippen LogP contribution in [0.1, 0.15) is 19.8 Å². The molecule has 0 radical (unpaired) electrons. The summed E-state index contributed by atoms with van der Waals surface area (Å²) in [6.45, 7) is 2.58. The van der Waals surface area contributed by atoms with E-state index in [0.29, 0.717) is 36.7 Å². The number of amides is 1. The first-order valence-electron chi connectivity index (χ1n) is 8.98. The van der Waals surface area contributed by atoms with Crippen LogP contribution in [0.2, 0.25) is 5.02 Å². The number of thioether (sulfide) groups is 1. The largest absolute Gasteiger partial charge is 0.353 e. The van der Waals surface area contributed by atoms with Gasteiger partial charge in [0.05, 0.1) is 11.5 Å². The highest BCUT2D eigenvalue weighted by Crippen LogP contribution is 2.33. The van der Waals surface area contributed by atoms with Gasteiger partial charge in [0.15, 0.2) is 0 Å². The molecule has 8 heteroatoms. The van der Waals surface area contributed by atoms with E-state index in [-0.39, 0.29) is 17.7 Å². The molecule has 0 bridgehead atoms. The summed E-state index contributed by atoms with van der Waals surface area (Å²) in [4.78, 5) is 13.3. The average molecular weight is 427 g/mol. The highest BCUT2D eigenvalue weighted by Gasteiger charge is 2.27. The molecule has 3 rings (SSSR count). The maximum Gasteiger partial charge on any atom is 0.230 e. The van der Waals surface area contributed by atoms with Gasteiger partial charge in [-0.2, -0.15) is 0 Å². The van der Waals surface area contributed by atoms with Crippen LogP contribution in [-0.4, -0.2) is 49.3 Å². The Kier molecular flexibility index (Phi) is 6.68. The lowest BCUT2D eigenvalue weighted by Crippen LogP contribution is -2.47. The lowest BCUT2D eigenvalue weighted by Gasteiger charge is -2.31. The molecule has 2 aromatic rings. The minimum Gasteiger partial charge on any atom is -0.353 e. The van der Waals surface area contributed by atoms with Crippen molar-refractivity contribution in [2.24, 2.45) is 0 Å². The Labute approximate surface area is 169 Å². The summed E-state index contributed by atoms with van der Waals surface area (Å²) in [5, 5.41) is 5.73. The second-order valence-corrected chi connectivity index (χ2v) is 10.2. The van der Waals surface area contributed by atoms with Gasteiger partial charge in [0.25, 0.3) is 0 Å². The highest BCUT2D eigenvalue weighted by molar-refractivity contribution is 8.00. The fraction of sp³-hybridized carbons (Fsp3) is 0.421. The smallest absolute Gasteiger partial charge is 0.230 e. The molecule has 1 aliphatic rings. The molecular weight excluding hydrogens is 404 g/mol. The average Bonchev–Trinajstić information content (AvgIpc) is 2.67. The number of benzene rings is 2. The summed E-state index contributed by atoms with van der Waals surface area (Å²) in [7, 11) is -3.14. The van der Waals surface area contributed by atoms with Gasteiger partial charge in [-0.15, -0.1) is 11.8 Å². The molecule has 1 amide bonds. The van der Waals surface area contributed by atoms with Crippen LogP contribution < -0.4 is 5.32 Å². The van der Waals surface area contributed by atoms with E-state index in [1.54, 1.807) is 6.92 Å². The molecule has 27 heavy (non-hydrogen) atoms. The minimum atomic E-state index is -3.14. The molecule has 2 aromatic carbocycles. The molecule has 0 aliphatic carbocycles. The van der Waals surface area contributed by atoms with Crippen molar-refractivity contribution in [3.05, 3.63) is 41.4 Å². The van der Waals surface area contributed by atoms with Crippen LogP contribution >= 0.6 is 23.4 Å². The van der Waals surface area contributed by atoms with E-state index < -0.39 is 10.0 Å². The molecule has 1 N–H and O–H groups in total. The quantitative estimate of drug-likeness (QED) is 0.717. The van der Waals surface area contributed by atoms with Crippen molar-refractivity contribution in [2.45, 2.75) is 30.7 Å². The molecule has 1 saturated heterocycles. The Morgan fingerprint density at radius 2 is 1.89 bits per heavy atom. The molecule has 146 valence electrons. The number of hydrogen-bond donors (Lipinski definition) is 1. The van der Waals surface area contributed by atoms with Crippen LogP contribution in [0.5, 0.6) is 0 Å². The first-order chi connectivity index (χ1) is 12.9. The fourth-order valence-electron chi connectivity index (χ4n) is 3.26. The van der Waals surface area contributed by atoms with Gasteiger partial charge in [-0.1, -0.05) is 35.9 Å². The molecule has 0 saturated carbocycles. The molecule has 1 fully saturated rings. The summed E-state index contributed by atoms with van der Waals surface area (Å²) in [6.07, 6.45) is 1.30. The van der Waals surface area contributed by atoms with Crippen molar-refractivity contribution in [2.75, 3.05) is 24.6 Å². The number of halogens is 1. The van der Waals surface area contributed by atoms with E-state index in [9.17, 15) is 13.2 Å². The zero-order valence-electron chi connectivity index (χ0n) is 15.2. The molecule has 0 spiro atoms. The monoisotopic (exact) mass is 426 g/mol. The Bertz CT molecular complexity index is 920. The van der Waals surface area contributed by atoms with Crippen molar-refractivity contribution < 1.29 is 13.2 Å². The van der Waals surface area contributed by atoms with Crippen molar-refractivity contribution in [3.8, 4) is 0 Å². The Balaban J connectivity index is 1.54. The Morgan fingerprint density at radius 3 is 2.56 bits per heavy atom. The number of rotatable bonds is 6. The first-order valence-corrected chi connectivity index (χ1v) is 11.9. The second-order valence-electron chi connectivity index (χ2n) is 6.52. The predicted molar refractivity (Wildman–Crippen MR) is 112 cm³/mol. The third kappa shape index (κ3) is 4.96. The molecule has 1 aliphatic heterocycles. The molecular formula is C19H23ClN2O3S2. The zero-order chi connectivity index (χ0) is 19.4. The molecule has 0 aromatic heterocycles. The van der Waals surface area contributed by atoms with E-state index >= 15 is 0 Å². The van der Waals surface area contributed by atoms with E-state index in [0.717, 1.165) is 15.7 Å². The van der Waals surface area contributed by atoms with Gasteiger partial charge >= 0.3 is 0 Å². The number of nitrogens with zero attached hydrogens (tertiary/aromatic N) is 1. The lowest BCUT2D eigenvalue weighted by molar-refractivity contribution is -0.119. The Hall–Kier alpha value is -1.28. The van der Waals surface area contributed by atoms with Crippen LogP contribution in [0.4, 0.5) is 0 Å². The maximum atomic E-state index is 12.3. The summed E-state index contributed by atoms with van der Waals surface area (Å²) < 4.78 is 25.3. The number of nitrogens with one attached hydrogen (secondary N) is 1. The number of piperidine rings is 1. The van der Waals surface area contributed by atoms with Crippen molar-refractivity contribution in [3.63, 3.8) is 0 Å². The van der Waals surface area contributed by atoms with Gasteiger partial charge < -0.3 is 5.32 Å². The van der Waals surface area contributed by atoms with Gasteiger partial charge in [-0.3, -0.25) is 4.79 Å². The van der Waals surface area contributed by atoms with E-state index in [1.165, 1.54) is 16.1 Å². The fourth-order valence-corrected chi connectivity index (χ4v) is 5.64. The zero-order valence-corrected chi connectivity index (χ0v) is 17.5. The molecule has 5 nitrogen and oxygen atoms in total. The van der Waals surface area contributed by atoms with Crippen LogP contribution in [-0.2, 0) is 14.8 Å². The van der Waals surface area contributed by atoms with Crippen molar-refractivity contribution in [1.82, 2.24) is 9.62 Å². The van der Waals surface area contributed by atoms with Gasteiger partial charge in [-0.05, 0) is 37.3 Å². The van der Waals surface area contributed by atoms with Crippen LogP contribution in [0, 0.1) is 0 Å². The summed E-state index contributed by atoms with van der Waals surface area (Å²) in [5.41, 5.74) is 0. The van der Waals surface area contributed by atoms with Crippen LogP contribution in [0.15, 0.2) is 41.3 Å². The summed E-state index contributed by atoms with van der Waals surface area (Å²) in [5.74, 6) is 0.382. The lowest BCUT2D eigenvalue weighted by atomic mass is 10.1. The van der Waals surface area contributed by atoms with Gasteiger partial charge in [0.2, 0.25) is 15.9 Å². The number of carbonyl (C=O) groups excluding carboxylic acids is 1.